The third-order valence-electron chi connectivity index (χ3n) is 2.27. The van der Waals surface area contributed by atoms with E-state index in [1.165, 1.54) is 25.7 Å². The SMILES string of the molecule is [B][P+](C)(C)C1CCCC1. The van der Waals surface area contributed by atoms with Crippen LogP contribution in [0.15, 0.2) is 0 Å². The molecule has 1 aliphatic carbocycles. The zero-order valence-corrected chi connectivity index (χ0v) is 7.32. The Hall–Kier alpha value is 0.495. The highest BCUT2D eigenvalue weighted by Gasteiger charge is 2.32. The summed E-state index contributed by atoms with van der Waals surface area (Å²) in [6, 6.07) is 0. The molecule has 1 fully saturated rings. The van der Waals surface area contributed by atoms with E-state index in [0.717, 1.165) is 5.66 Å². The Balaban J connectivity index is 2.42. The molecule has 2 heteroatoms. The summed E-state index contributed by atoms with van der Waals surface area (Å²) in [5, 5.41) is 0. The normalized spacial score (nSPS) is 22.9. The third kappa shape index (κ3) is 1.97. The van der Waals surface area contributed by atoms with E-state index in [0.29, 0.717) is 0 Å². The Morgan fingerprint density at radius 1 is 1.22 bits per heavy atom. The lowest BCUT2D eigenvalue weighted by Crippen LogP contribution is -2.06. The molecule has 1 rings (SSSR count). The molecule has 0 saturated heterocycles. The largest absolute Gasteiger partial charge is 0.364 e. The van der Waals surface area contributed by atoms with Gasteiger partial charge in [-0.25, -0.2) is 0 Å². The fourth-order valence-electron chi connectivity index (χ4n) is 1.57. The van der Waals surface area contributed by atoms with Crippen molar-refractivity contribution in [3.63, 3.8) is 0 Å². The van der Waals surface area contributed by atoms with Gasteiger partial charge in [-0.05, 0) is 32.8 Å². The van der Waals surface area contributed by atoms with Crippen LogP contribution in [0.25, 0.3) is 0 Å². The lowest BCUT2D eigenvalue weighted by atomic mass is 10.4. The van der Waals surface area contributed by atoms with E-state index in [1.54, 1.807) is 0 Å². The van der Waals surface area contributed by atoms with Crippen LogP contribution in [0, 0.1) is 0 Å². The van der Waals surface area contributed by atoms with Crippen LogP contribution >= 0.6 is 7.14 Å². The van der Waals surface area contributed by atoms with Crippen molar-refractivity contribution in [3.05, 3.63) is 0 Å². The summed E-state index contributed by atoms with van der Waals surface area (Å²) in [5.74, 6) is 0. The van der Waals surface area contributed by atoms with Gasteiger partial charge < -0.3 is 0 Å². The minimum Gasteiger partial charge on any atom is -0.0495 e. The molecule has 9 heavy (non-hydrogen) atoms. The van der Waals surface area contributed by atoms with Crippen LogP contribution in [-0.4, -0.2) is 26.6 Å². The topological polar surface area (TPSA) is 0 Å². The van der Waals surface area contributed by atoms with E-state index < -0.39 is 7.14 Å². The smallest absolute Gasteiger partial charge is 0.0495 e. The van der Waals surface area contributed by atoms with Gasteiger partial charge in [0.2, 0.25) is 0 Å². The van der Waals surface area contributed by atoms with Crippen LogP contribution in [0.3, 0.4) is 0 Å². The van der Waals surface area contributed by atoms with Crippen molar-refractivity contribution in [1.82, 2.24) is 0 Å². The molecule has 0 aromatic carbocycles. The van der Waals surface area contributed by atoms with Gasteiger partial charge in [-0.1, -0.05) is 0 Å². The monoisotopic (exact) mass is 141 g/mol. The summed E-state index contributed by atoms with van der Waals surface area (Å²) in [5.41, 5.74) is 0.900. The molecule has 0 heterocycles. The van der Waals surface area contributed by atoms with Gasteiger partial charge in [0.25, 0.3) is 0 Å². The second-order valence-electron chi connectivity index (χ2n) is 3.57. The quantitative estimate of drug-likeness (QED) is 0.388. The van der Waals surface area contributed by atoms with E-state index in [9.17, 15) is 0 Å². The zero-order valence-electron chi connectivity index (χ0n) is 6.43. The van der Waals surface area contributed by atoms with Gasteiger partial charge in [-0.3, -0.25) is 0 Å². The van der Waals surface area contributed by atoms with Crippen molar-refractivity contribution in [2.45, 2.75) is 31.3 Å². The first-order chi connectivity index (χ1) is 4.11. The first-order valence-electron chi connectivity index (χ1n) is 3.73. The third-order valence-corrected chi connectivity index (χ3v) is 4.66. The van der Waals surface area contributed by atoms with E-state index in [1.807, 2.05) is 0 Å². The maximum Gasteiger partial charge on any atom is 0.364 e. The minimum absolute atomic E-state index is 0.900. The molecule has 0 amide bonds. The fourth-order valence-corrected chi connectivity index (χ4v) is 3.27. The Bertz CT molecular complexity index is 89.6. The standard InChI is InChI=1S/C7H15BP/c1-9(2,8)7-5-3-4-6-7/h7H,3-6H2,1-2H3/q+1. The summed E-state index contributed by atoms with van der Waals surface area (Å²) in [4.78, 5) is 0. The van der Waals surface area contributed by atoms with Crippen LogP contribution in [-0.2, 0) is 0 Å². The average Bonchev–Trinajstić information content (AvgIpc) is 2.08. The molecule has 0 atom stereocenters. The first-order valence-corrected chi connectivity index (χ1v) is 6.55. The van der Waals surface area contributed by atoms with Crippen LogP contribution < -0.4 is 0 Å². The highest BCUT2D eigenvalue weighted by Crippen LogP contribution is 2.56. The van der Waals surface area contributed by atoms with E-state index in [4.69, 9.17) is 7.57 Å². The lowest BCUT2D eigenvalue weighted by Gasteiger charge is -2.19. The Morgan fingerprint density at radius 2 is 1.67 bits per heavy atom. The maximum absolute atomic E-state index is 6.05. The van der Waals surface area contributed by atoms with E-state index in [-0.39, 0.29) is 0 Å². The molecule has 2 radical (unpaired) electrons. The molecule has 0 bridgehead atoms. The molecular weight excluding hydrogens is 126 g/mol. The molecule has 0 nitrogen and oxygen atoms in total. The zero-order chi connectivity index (χ0) is 6.91. The summed E-state index contributed by atoms with van der Waals surface area (Å²) < 4.78 is 0. The molecule has 0 spiro atoms. The molecule has 0 aromatic rings. The van der Waals surface area contributed by atoms with Gasteiger partial charge in [0.1, 0.15) is 0 Å². The molecule has 0 unspecified atom stereocenters. The van der Waals surface area contributed by atoms with Crippen LogP contribution in [0.1, 0.15) is 25.7 Å². The van der Waals surface area contributed by atoms with Crippen LogP contribution in [0.2, 0.25) is 0 Å². The molecule has 0 N–H and O–H groups in total. The molecule has 0 aromatic heterocycles. The van der Waals surface area contributed by atoms with Gasteiger partial charge in [0.05, 0.1) is 5.66 Å². The summed E-state index contributed by atoms with van der Waals surface area (Å²) in [6.45, 7) is 4.51. The molecule has 1 aliphatic rings. The summed E-state index contributed by atoms with van der Waals surface area (Å²) in [6.07, 6.45) is 5.64. The Labute approximate surface area is 60.1 Å². The predicted octanol–water partition coefficient (Wildman–Crippen LogP) is 2.29. The molecular formula is C7H15BP+. The van der Waals surface area contributed by atoms with Gasteiger partial charge in [0.15, 0.2) is 0 Å². The van der Waals surface area contributed by atoms with Crippen molar-refractivity contribution >= 4 is 14.7 Å². The van der Waals surface area contributed by atoms with Crippen LogP contribution in [0.5, 0.6) is 0 Å². The first kappa shape index (κ1) is 7.60. The molecule has 1 saturated carbocycles. The van der Waals surface area contributed by atoms with Gasteiger partial charge in [-0.2, -0.15) is 0 Å². The van der Waals surface area contributed by atoms with Crippen molar-refractivity contribution in [2.24, 2.45) is 0 Å². The fraction of sp³-hybridized carbons (Fsp3) is 1.00. The van der Waals surface area contributed by atoms with Crippen molar-refractivity contribution in [3.8, 4) is 0 Å². The van der Waals surface area contributed by atoms with E-state index >= 15 is 0 Å². The maximum atomic E-state index is 6.05. The Morgan fingerprint density at radius 3 is 1.89 bits per heavy atom. The van der Waals surface area contributed by atoms with Crippen molar-refractivity contribution in [1.29, 1.82) is 0 Å². The molecule has 0 aliphatic heterocycles. The van der Waals surface area contributed by atoms with Crippen molar-refractivity contribution < 1.29 is 0 Å². The molecule has 50 valence electrons. The highest BCUT2D eigenvalue weighted by molar-refractivity contribution is 7.96. The van der Waals surface area contributed by atoms with Crippen LogP contribution in [0.4, 0.5) is 0 Å². The van der Waals surface area contributed by atoms with Gasteiger partial charge in [0, 0.05) is 13.3 Å². The second-order valence-corrected chi connectivity index (χ2v) is 7.56. The Kier molecular flexibility index (Phi) is 2.21. The number of hydrogen-bond acceptors (Lipinski definition) is 0. The predicted molar refractivity (Wildman–Crippen MR) is 46.8 cm³/mol. The minimum atomic E-state index is -0.963. The van der Waals surface area contributed by atoms with Crippen molar-refractivity contribution in [2.75, 3.05) is 13.3 Å². The van der Waals surface area contributed by atoms with E-state index in [2.05, 4.69) is 13.3 Å². The highest BCUT2D eigenvalue weighted by atomic mass is 31.2. The average molecular weight is 141 g/mol. The van der Waals surface area contributed by atoms with Gasteiger partial charge >= 0.3 is 7.57 Å². The number of hydrogen-bond donors (Lipinski definition) is 0. The second kappa shape index (κ2) is 2.62. The number of rotatable bonds is 1. The van der Waals surface area contributed by atoms with Gasteiger partial charge in [-0.15, -0.1) is 0 Å². The summed E-state index contributed by atoms with van der Waals surface area (Å²) >= 11 is 0. The summed E-state index contributed by atoms with van der Waals surface area (Å²) in [7, 11) is 5.09. The lowest BCUT2D eigenvalue weighted by molar-refractivity contribution is 0.886.